The van der Waals surface area contributed by atoms with Gasteiger partial charge in [-0.3, -0.25) is 9.59 Å². The van der Waals surface area contributed by atoms with E-state index in [0.29, 0.717) is 11.3 Å². The van der Waals surface area contributed by atoms with Crippen molar-refractivity contribution in [3.8, 4) is 0 Å². The van der Waals surface area contributed by atoms with E-state index < -0.39 is 5.78 Å². The maximum atomic E-state index is 12.2. The van der Waals surface area contributed by atoms with Crippen molar-refractivity contribution in [1.29, 1.82) is 0 Å². The molecule has 0 unspecified atom stereocenters. The summed E-state index contributed by atoms with van der Waals surface area (Å²) in [5.41, 5.74) is 3.22. The minimum absolute atomic E-state index is 0.0772. The van der Waals surface area contributed by atoms with Crippen LogP contribution in [-0.4, -0.2) is 30.5 Å². The molecule has 1 aliphatic rings. The molecule has 0 spiro atoms. The first-order valence-corrected chi connectivity index (χ1v) is 9.59. The van der Waals surface area contributed by atoms with E-state index in [1.165, 1.54) is 6.92 Å². The molecule has 1 aromatic carbocycles. The number of ketones is 1. The summed E-state index contributed by atoms with van der Waals surface area (Å²) in [5, 5.41) is 2.59. The SMILES string of the molecule is CCCCN(CC)c1ccc(N=C2C=C(NC(C)=O)C(=O)C(Cl)=C2C)cc1. The van der Waals surface area contributed by atoms with Crippen LogP contribution in [0.15, 0.2) is 51.6 Å². The number of nitrogens with one attached hydrogen (secondary N) is 1. The molecule has 1 aromatic rings. The Morgan fingerprint density at radius 1 is 1.22 bits per heavy atom. The van der Waals surface area contributed by atoms with Gasteiger partial charge in [0.15, 0.2) is 0 Å². The molecule has 27 heavy (non-hydrogen) atoms. The van der Waals surface area contributed by atoms with Crippen molar-refractivity contribution in [2.45, 2.75) is 40.5 Å². The number of aliphatic imine (C=N–C) groups is 1. The Kier molecular flexibility index (Phi) is 7.36. The molecule has 0 atom stereocenters. The molecule has 0 aliphatic heterocycles. The van der Waals surface area contributed by atoms with E-state index in [1.807, 2.05) is 24.3 Å². The summed E-state index contributed by atoms with van der Waals surface area (Å²) in [4.78, 5) is 30.4. The average molecular weight is 388 g/mol. The lowest BCUT2D eigenvalue weighted by Crippen LogP contribution is -2.29. The van der Waals surface area contributed by atoms with Crippen molar-refractivity contribution >= 4 is 40.4 Å². The number of halogens is 1. The van der Waals surface area contributed by atoms with Crippen LogP contribution in [0.25, 0.3) is 0 Å². The number of allylic oxidation sites excluding steroid dienone is 3. The molecule has 1 aliphatic carbocycles. The number of carbonyl (C=O) groups excluding carboxylic acids is 2. The third-order valence-electron chi connectivity index (χ3n) is 4.38. The second kappa shape index (κ2) is 9.51. The summed E-state index contributed by atoms with van der Waals surface area (Å²) in [7, 11) is 0. The number of anilines is 1. The first-order chi connectivity index (χ1) is 12.9. The van der Waals surface area contributed by atoms with E-state index in [1.54, 1.807) is 13.0 Å². The quantitative estimate of drug-likeness (QED) is 0.700. The summed E-state index contributed by atoms with van der Waals surface area (Å²) in [6.45, 7) is 9.41. The van der Waals surface area contributed by atoms with Crippen molar-refractivity contribution in [2.75, 3.05) is 18.0 Å². The van der Waals surface area contributed by atoms with Gasteiger partial charge in [-0.05, 0) is 56.2 Å². The number of benzene rings is 1. The van der Waals surface area contributed by atoms with Crippen LogP contribution in [0.1, 0.15) is 40.5 Å². The largest absolute Gasteiger partial charge is 0.372 e. The van der Waals surface area contributed by atoms with Crippen molar-refractivity contribution in [1.82, 2.24) is 5.32 Å². The van der Waals surface area contributed by atoms with Gasteiger partial charge in [-0.2, -0.15) is 0 Å². The molecule has 5 nitrogen and oxygen atoms in total. The van der Waals surface area contributed by atoms with E-state index in [4.69, 9.17) is 11.6 Å². The second-order valence-corrected chi connectivity index (χ2v) is 6.83. The van der Waals surface area contributed by atoms with Gasteiger partial charge in [0.05, 0.1) is 22.1 Å². The first kappa shape index (κ1) is 20.9. The molecule has 1 N–H and O–H groups in total. The highest BCUT2D eigenvalue weighted by Gasteiger charge is 2.24. The fourth-order valence-corrected chi connectivity index (χ4v) is 3.00. The molecule has 2 rings (SSSR count). The van der Waals surface area contributed by atoms with E-state index in [9.17, 15) is 9.59 Å². The number of unbranched alkanes of at least 4 members (excludes halogenated alkanes) is 1. The maximum Gasteiger partial charge on any atom is 0.221 e. The molecular formula is C21H26ClN3O2. The highest BCUT2D eigenvalue weighted by atomic mass is 35.5. The molecule has 0 saturated heterocycles. The zero-order chi connectivity index (χ0) is 20.0. The van der Waals surface area contributed by atoms with E-state index in [-0.39, 0.29) is 16.6 Å². The van der Waals surface area contributed by atoms with Gasteiger partial charge < -0.3 is 10.2 Å². The van der Waals surface area contributed by atoms with Crippen LogP contribution in [0.4, 0.5) is 11.4 Å². The number of hydrogen-bond acceptors (Lipinski definition) is 4. The fourth-order valence-electron chi connectivity index (χ4n) is 2.81. The zero-order valence-electron chi connectivity index (χ0n) is 16.3. The highest BCUT2D eigenvalue weighted by molar-refractivity contribution is 6.49. The molecule has 0 aromatic heterocycles. The fraction of sp³-hybridized carbons (Fsp3) is 0.381. The molecule has 0 fully saturated rings. The van der Waals surface area contributed by atoms with Crippen LogP contribution >= 0.6 is 11.6 Å². The van der Waals surface area contributed by atoms with Gasteiger partial charge in [-0.25, -0.2) is 4.99 Å². The lowest BCUT2D eigenvalue weighted by atomic mass is 10.0. The van der Waals surface area contributed by atoms with Crippen LogP contribution in [0.2, 0.25) is 0 Å². The Bertz CT molecular complexity index is 807. The lowest BCUT2D eigenvalue weighted by Gasteiger charge is -2.23. The summed E-state index contributed by atoms with van der Waals surface area (Å²) >= 11 is 6.14. The Morgan fingerprint density at radius 3 is 2.44 bits per heavy atom. The first-order valence-electron chi connectivity index (χ1n) is 9.21. The normalized spacial score (nSPS) is 15.8. The number of Topliss-reactive ketones (excluding diaryl/α,β-unsaturated/α-hetero) is 1. The van der Waals surface area contributed by atoms with Crippen molar-refractivity contribution < 1.29 is 9.59 Å². The minimum atomic E-state index is -0.395. The summed E-state index contributed by atoms with van der Waals surface area (Å²) in [6.07, 6.45) is 3.89. The van der Waals surface area contributed by atoms with Crippen LogP contribution in [-0.2, 0) is 9.59 Å². The van der Waals surface area contributed by atoms with Crippen molar-refractivity contribution in [3.63, 3.8) is 0 Å². The monoisotopic (exact) mass is 387 g/mol. The molecule has 0 saturated carbocycles. The standard InChI is InChI=1S/C21H26ClN3O2/c1-5-7-12-25(6-2)17-10-8-16(9-11-17)24-18-13-19(23-15(4)26)21(27)20(22)14(18)3/h8-11,13H,5-7,12H2,1-4H3,(H,23,26). The topological polar surface area (TPSA) is 61.8 Å². The molecule has 0 heterocycles. The van der Waals surface area contributed by atoms with Gasteiger partial charge in [0.1, 0.15) is 0 Å². The van der Waals surface area contributed by atoms with Crippen molar-refractivity contribution in [3.05, 3.63) is 46.6 Å². The molecular weight excluding hydrogens is 362 g/mol. The van der Waals surface area contributed by atoms with Gasteiger partial charge in [0.25, 0.3) is 0 Å². The van der Waals surface area contributed by atoms with Crippen LogP contribution < -0.4 is 10.2 Å². The summed E-state index contributed by atoms with van der Waals surface area (Å²) < 4.78 is 0. The molecule has 144 valence electrons. The molecule has 1 amide bonds. The number of rotatable bonds is 7. The highest BCUT2D eigenvalue weighted by Crippen LogP contribution is 2.26. The Labute approximate surface area is 165 Å². The number of nitrogens with zero attached hydrogens (tertiary/aromatic N) is 2. The van der Waals surface area contributed by atoms with Gasteiger partial charge >= 0.3 is 0 Å². The van der Waals surface area contributed by atoms with Gasteiger partial charge in [0, 0.05) is 25.7 Å². The van der Waals surface area contributed by atoms with Gasteiger partial charge in [-0.15, -0.1) is 0 Å². The van der Waals surface area contributed by atoms with E-state index >= 15 is 0 Å². The predicted molar refractivity (Wildman–Crippen MR) is 112 cm³/mol. The smallest absolute Gasteiger partial charge is 0.221 e. The van der Waals surface area contributed by atoms with Gasteiger partial charge in [0.2, 0.25) is 11.7 Å². The number of amides is 1. The predicted octanol–water partition coefficient (Wildman–Crippen LogP) is 4.50. The van der Waals surface area contributed by atoms with E-state index in [0.717, 1.165) is 37.3 Å². The van der Waals surface area contributed by atoms with Crippen LogP contribution in [0.5, 0.6) is 0 Å². The Morgan fingerprint density at radius 2 is 1.89 bits per heavy atom. The average Bonchev–Trinajstić information content (AvgIpc) is 2.65. The van der Waals surface area contributed by atoms with Crippen molar-refractivity contribution in [2.24, 2.45) is 4.99 Å². The molecule has 6 heteroatoms. The molecule has 0 bridgehead atoms. The Balaban J connectivity index is 2.29. The molecule has 0 radical (unpaired) electrons. The van der Waals surface area contributed by atoms with E-state index in [2.05, 4.69) is 29.1 Å². The second-order valence-electron chi connectivity index (χ2n) is 6.45. The third-order valence-corrected chi connectivity index (χ3v) is 4.83. The number of carbonyl (C=O) groups is 2. The summed E-state index contributed by atoms with van der Waals surface area (Å²) in [5.74, 6) is -0.720. The summed E-state index contributed by atoms with van der Waals surface area (Å²) in [6, 6.07) is 7.98. The van der Waals surface area contributed by atoms with Gasteiger partial charge in [-0.1, -0.05) is 24.9 Å². The minimum Gasteiger partial charge on any atom is -0.372 e. The maximum absolute atomic E-state index is 12.2. The van der Waals surface area contributed by atoms with Crippen LogP contribution in [0.3, 0.4) is 0 Å². The lowest BCUT2D eigenvalue weighted by molar-refractivity contribution is -0.120. The zero-order valence-corrected chi connectivity index (χ0v) is 17.1. The third kappa shape index (κ3) is 5.30. The Hall–Kier alpha value is -2.40. The number of hydrogen-bond donors (Lipinski definition) is 1. The van der Waals surface area contributed by atoms with Crippen LogP contribution in [0, 0.1) is 0 Å².